The molecular weight excluding hydrogens is 244 g/mol. The Labute approximate surface area is 115 Å². The number of nitrogens with zero attached hydrogens (tertiary/aromatic N) is 2. The first-order valence-corrected chi connectivity index (χ1v) is 7.03. The Bertz CT molecular complexity index is 301. The molecule has 1 saturated heterocycles. The molecule has 0 aromatic rings. The van der Waals surface area contributed by atoms with Gasteiger partial charge in [-0.1, -0.05) is 6.92 Å². The lowest BCUT2D eigenvalue weighted by Gasteiger charge is -2.31. The molecule has 110 valence electrons. The number of nitrogens with one attached hydrogen (secondary N) is 1. The molecule has 0 spiro atoms. The standard InChI is InChI=1S/C13H26N4O2/c1-3-6-17(9-12(18)15-2)13(19)10-16-7-4-11(14)5-8-16/h11H,3-10,14H2,1-2H3,(H,15,18). The molecule has 0 aromatic carbocycles. The van der Waals surface area contributed by atoms with Crippen LogP contribution >= 0.6 is 0 Å². The summed E-state index contributed by atoms with van der Waals surface area (Å²) in [6, 6.07) is 0.268. The van der Waals surface area contributed by atoms with Gasteiger partial charge in [-0.3, -0.25) is 14.5 Å². The van der Waals surface area contributed by atoms with Gasteiger partial charge in [0.2, 0.25) is 11.8 Å². The van der Waals surface area contributed by atoms with Crippen LogP contribution in [0.1, 0.15) is 26.2 Å². The number of likely N-dealkylation sites (N-methyl/N-ethyl adjacent to an activating group) is 1. The molecule has 0 unspecified atom stereocenters. The molecular formula is C13H26N4O2. The van der Waals surface area contributed by atoms with Crippen LogP contribution in [0.5, 0.6) is 0 Å². The molecule has 0 saturated carbocycles. The number of amides is 2. The second kappa shape index (κ2) is 8.12. The monoisotopic (exact) mass is 270 g/mol. The molecule has 2 amide bonds. The topological polar surface area (TPSA) is 78.7 Å². The molecule has 0 atom stereocenters. The van der Waals surface area contributed by atoms with Gasteiger partial charge >= 0.3 is 0 Å². The third-order valence-corrected chi connectivity index (χ3v) is 3.45. The highest BCUT2D eigenvalue weighted by Crippen LogP contribution is 2.08. The van der Waals surface area contributed by atoms with Gasteiger partial charge in [-0.25, -0.2) is 0 Å². The van der Waals surface area contributed by atoms with E-state index in [2.05, 4.69) is 10.2 Å². The maximum atomic E-state index is 12.2. The van der Waals surface area contributed by atoms with E-state index in [1.54, 1.807) is 11.9 Å². The van der Waals surface area contributed by atoms with Gasteiger partial charge in [-0.15, -0.1) is 0 Å². The average molecular weight is 270 g/mol. The minimum atomic E-state index is -0.123. The number of hydrogen-bond acceptors (Lipinski definition) is 4. The van der Waals surface area contributed by atoms with Gasteiger partial charge < -0.3 is 16.0 Å². The fourth-order valence-electron chi connectivity index (χ4n) is 2.22. The molecule has 1 aliphatic heterocycles. The number of piperidine rings is 1. The van der Waals surface area contributed by atoms with Crippen LogP contribution < -0.4 is 11.1 Å². The smallest absolute Gasteiger partial charge is 0.239 e. The van der Waals surface area contributed by atoms with Crippen LogP contribution in [0.4, 0.5) is 0 Å². The second-order valence-electron chi connectivity index (χ2n) is 5.10. The van der Waals surface area contributed by atoms with Crippen LogP contribution in [0.15, 0.2) is 0 Å². The zero-order valence-corrected chi connectivity index (χ0v) is 12.0. The van der Waals surface area contributed by atoms with Crippen molar-refractivity contribution in [1.82, 2.24) is 15.1 Å². The van der Waals surface area contributed by atoms with Crippen LogP contribution in [0.25, 0.3) is 0 Å². The Morgan fingerprint density at radius 2 is 2.00 bits per heavy atom. The first-order valence-electron chi connectivity index (χ1n) is 7.03. The number of nitrogens with two attached hydrogens (primary N) is 1. The van der Waals surface area contributed by atoms with Gasteiger partial charge in [-0.05, 0) is 19.3 Å². The van der Waals surface area contributed by atoms with Crippen LogP contribution in [0.3, 0.4) is 0 Å². The summed E-state index contributed by atoms with van der Waals surface area (Å²) in [6.07, 6.45) is 2.74. The maximum absolute atomic E-state index is 12.2. The lowest BCUT2D eigenvalue weighted by atomic mass is 10.1. The van der Waals surface area contributed by atoms with Crippen LogP contribution in [-0.2, 0) is 9.59 Å². The molecule has 19 heavy (non-hydrogen) atoms. The lowest BCUT2D eigenvalue weighted by Crippen LogP contribution is -2.48. The number of likely N-dealkylation sites (tertiary alicyclic amines) is 1. The zero-order valence-electron chi connectivity index (χ0n) is 12.0. The minimum Gasteiger partial charge on any atom is -0.358 e. The molecule has 0 radical (unpaired) electrons. The van der Waals surface area contributed by atoms with Gasteiger partial charge in [-0.2, -0.15) is 0 Å². The maximum Gasteiger partial charge on any atom is 0.239 e. The summed E-state index contributed by atoms with van der Waals surface area (Å²) in [6.45, 7) is 4.91. The molecule has 6 nitrogen and oxygen atoms in total. The predicted molar refractivity (Wildman–Crippen MR) is 74.6 cm³/mol. The summed E-state index contributed by atoms with van der Waals surface area (Å²) in [5.41, 5.74) is 5.84. The summed E-state index contributed by atoms with van der Waals surface area (Å²) < 4.78 is 0. The molecule has 1 heterocycles. The Morgan fingerprint density at radius 3 is 2.53 bits per heavy atom. The van der Waals surface area contributed by atoms with Crippen molar-refractivity contribution in [3.8, 4) is 0 Å². The van der Waals surface area contributed by atoms with E-state index in [9.17, 15) is 9.59 Å². The fourth-order valence-corrected chi connectivity index (χ4v) is 2.22. The molecule has 6 heteroatoms. The van der Waals surface area contributed by atoms with E-state index in [1.165, 1.54) is 0 Å². The van der Waals surface area contributed by atoms with Gasteiger partial charge in [0.05, 0.1) is 13.1 Å². The van der Waals surface area contributed by atoms with E-state index >= 15 is 0 Å². The van der Waals surface area contributed by atoms with Crippen molar-refractivity contribution in [2.75, 3.05) is 39.8 Å². The number of carbonyl (C=O) groups is 2. The molecule has 0 aliphatic carbocycles. The Morgan fingerprint density at radius 1 is 1.37 bits per heavy atom. The molecule has 3 N–H and O–H groups in total. The normalized spacial score (nSPS) is 17.2. The van der Waals surface area contributed by atoms with Crippen LogP contribution in [0, 0.1) is 0 Å². The minimum absolute atomic E-state index is 0.0286. The summed E-state index contributed by atoms with van der Waals surface area (Å²) in [5, 5.41) is 2.56. The van der Waals surface area contributed by atoms with Crippen molar-refractivity contribution in [2.45, 2.75) is 32.2 Å². The number of hydrogen-bond donors (Lipinski definition) is 2. The highest BCUT2D eigenvalue weighted by atomic mass is 16.2. The van der Waals surface area contributed by atoms with Gasteiger partial charge in [0.25, 0.3) is 0 Å². The summed E-state index contributed by atoms with van der Waals surface area (Å²) in [4.78, 5) is 27.4. The van der Waals surface area contributed by atoms with Crippen molar-refractivity contribution in [3.63, 3.8) is 0 Å². The van der Waals surface area contributed by atoms with Gasteiger partial charge in [0, 0.05) is 32.7 Å². The van der Waals surface area contributed by atoms with E-state index in [4.69, 9.17) is 5.73 Å². The van der Waals surface area contributed by atoms with Gasteiger partial charge in [0.15, 0.2) is 0 Å². The quantitative estimate of drug-likeness (QED) is 0.675. The van der Waals surface area contributed by atoms with Crippen molar-refractivity contribution in [3.05, 3.63) is 0 Å². The van der Waals surface area contributed by atoms with E-state index in [0.29, 0.717) is 13.1 Å². The van der Waals surface area contributed by atoms with Gasteiger partial charge in [0.1, 0.15) is 0 Å². The third-order valence-electron chi connectivity index (χ3n) is 3.45. The molecule has 0 bridgehead atoms. The zero-order chi connectivity index (χ0) is 14.3. The number of rotatable bonds is 6. The fraction of sp³-hybridized carbons (Fsp3) is 0.846. The number of carbonyl (C=O) groups excluding carboxylic acids is 2. The average Bonchev–Trinajstić information content (AvgIpc) is 2.40. The molecule has 1 rings (SSSR count). The second-order valence-corrected chi connectivity index (χ2v) is 5.10. The summed E-state index contributed by atoms with van der Waals surface area (Å²) in [5.74, 6) is -0.0941. The lowest BCUT2D eigenvalue weighted by molar-refractivity contribution is -0.137. The molecule has 1 fully saturated rings. The summed E-state index contributed by atoms with van der Waals surface area (Å²) in [7, 11) is 1.59. The predicted octanol–water partition coefficient (Wildman–Crippen LogP) is -0.606. The SMILES string of the molecule is CCCN(CC(=O)NC)C(=O)CN1CCC(N)CC1. The highest BCUT2D eigenvalue weighted by Gasteiger charge is 2.22. The van der Waals surface area contributed by atoms with Crippen LogP contribution in [-0.4, -0.2) is 67.4 Å². The first kappa shape index (κ1) is 15.9. The molecule has 0 aromatic heterocycles. The van der Waals surface area contributed by atoms with Crippen LogP contribution in [0.2, 0.25) is 0 Å². The van der Waals surface area contributed by atoms with E-state index in [-0.39, 0.29) is 24.4 Å². The van der Waals surface area contributed by atoms with E-state index < -0.39 is 0 Å². The Balaban J connectivity index is 2.44. The largest absolute Gasteiger partial charge is 0.358 e. The Hall–Kier alpha value is -1.14. The van der Waals surface area contributed by atoms with Crippen molar-refractivity contribution in [1.29, 1.82) is 0 Å². The van der Waals surface area contributed by atoms with Crippen molar-refractivity contribution < 1.29 is 9.59 Å². The summed E-state index contributed by atoms with van der Waals surface area (Å²) >= 11 is 0. The molecule has 1 aliphatic rings. The third kappa shape index (κ3) is 5.57. The highest BCUT2D eigenvalue weighted by molar-refractivity contribution is 5.85. The van der Waals surface area contributed by atoms with E-state index in [0.717, 1.165) is 32.4 Å². The first-order chi connectivity index (χ1) is 9.06. The van der Waals surface area contributed by atoms with Crippen molar-refractivity contribution in [2.24, 2.45) is 5.73 Å². The Kier molecular flexibility index (Phi) is 6.80. The van der Waals surface area contributed by atoms with Crippen molar-refractivity contribution >= 4 is 11.8 Å². The van der Waals surface area contributed by atoms with E-state index in [1.807, 2.05) is 6.92 Å².